The van der Waals surface area contributed by atoms with Gasteiger partial charge in [0.1, 0.15) is 0 Å². The standard InChI is InChI=1S/C19H22N2O2/c1-13-5-8-18(9-6-13)21(16(4)23)12-17-11-14(2)7-10-19(17)20-15(3)22/h5-11H,12H2,1-4H3,(H,20,22). The van der Waals surface area contributed by atoms with Gasteiger partial charge in [-0.15, -0.1) is 0 Å². The first-order valence-electron chi connectivity index (χ1n) is 7.58. The molecule has 0 heterocycles. The van der Waals surface area contributed by atoms with E-state index in [4.69, 9.17) is 0 Å². The van der Waals surface area contributed by atoms with E-state index in [1.165, 1.54) is 6.92 Å². The summed E-state index contributed by atoms with van der Waals surface area (Å²) in [4.78, 5) is 25.2. The predicted molar refractivity (Wildman–Crippen MR) is 93.5 cm³/mol. The van der Waals surface area contributed by atoms with E-state index >= 15 is 0 Å². The SMILES string of the molecule is CC(=O)Nc1ccc(C)cc1CN(C(C)=O)c1ccc(C)cc1. The third-order valence-electron chi connectivity index (χ3n) is 3.63. The van der Waals surface area contributed by atoms with Gasteiger partial charge in [0.25, 0.3) is 0 Å². The number of hydrogen-bond donors (Lipinski definition) is 1. The summed E-state index contributed by atoms with van der Waals surface area (Å²) >= 11 is 0. The molecule has 0 aliphatic heterocycles. The molecular formula is C19H22N2O2. The van der Waals surface area contributed by atoms with Gasteiger partial charge in [0.05, 0.1) is 6.54 Å². The Bertz CT molecular complexity index is 721. The van der Waals surface area contributed by atoms with Crippen LogP contribution in [0.15, 0.2) is 42.5 Å². The van der Waals surface area contributed by atoms with Crippen molar-refractivity contribution in [3.8, 4) is 0 Å². The van der Waals surface area contributed by atoms with Crippen molar-refractivity contribution in [1.82, 2.24) is 0 Å². The normalized spacial score (nSPS) is 10.3. The molecule has 0 fully saturated rings. The minimum absolute atomic E-state index is 0.0378. The van der Waals surface area contributed by atoms with Gasteiger partial charge < -0.3 is 10.2 Å². The summed E-state index contributed by atoms with van der Waals surface area (Å²) in [7, 11) is 0. The van der Waals surface area contributed by atoms with Crippen LogP contribution in [-0.2, 0) is 16.1 Å². The van der Waals surface area contributed by atoms with Crippen LogP contribution < -0.4 is 10.2 Å². The number of carbonyl (C=O) groups is 2. The summed E-state index contributed by atoms with van der Waals surface area (Å²) in [6.07, 6.45) is 0. The highest BCUT2D eigenvalue weighted by molar-refractivity contribution is 5.93. The number of nitrogens with one attached hydrogen (secondary N) is 1. The van der Waals surface area contributed by atoms with Crippen LogP contribution >= 0.6 is 0 Å². The minimum atomic E-state index is -0.125. The molecule has 0 aromatic heterocycles. The van der Waals surface area contributed by atoms with Crippen molar-refractivity contribution in [2.45, 2.75) is 34.2 Å². The molecule has 0 saturated heterocycles. The van der Waals surface area contributed by atoms with Crippen LogP contribution in [0.25, 0.3) is 0 Å². The van der Waals surface area contributed by atoms with Gasteiger partial charge in [-0.3, -0.25) is 9.59 Å². The second-order valence-corrected chi connectivity index (χ2v) is 5.78. The molecule has 2 amide bonds. The molecular weight excluding hydrogens is 288 g/mol. The van der Waals surface area contributed by atoms with Gasteiger partial charge in [-0.1, -0.05) is 35.4 Å². The molecule has 2 aromatic carbocycles. The lowest BCUT2D eigenvalue weighted by molar-refractivity contribution is -0.116. The van der Waals surface area contributed by atoms with Gasteiger partial charge in [0.2, 0.25) is 11.8 Å². The smallest absolute Gasteiger partial charge is 0.224 e. The number of nitrogens with zero attached hydrogens (tertiary/aromatic N) is 1. The van der Waals surface area contributed by atoms with Crippen LogP contribution in [0.4, 0.5) is 11.4 Å². The number of carbonyl (C=O) groups excluding carboxylic acids is 2. The van der Waals surface area contributed by atoms with Gasteiger partial charge in [-0.25, -0.2) is 0 Å². The predicted octanol–water partition coefficient (Wildman–Crippen LogP) is 3.81. The lowest BCUT2D eigenvalue weighted by atomic mass is 10.1. The molecule has 0 bridgehead atoms. The number of amides is 2. The third-order valence-corrected chi connectivity index (χ3v) is 3.63. The molecule has 0 radical (unpaired) electrons. The third kappa shape index (κ3) is 4.42. The van der Waals surface area contributed by atoms with Crippen molar-refractivity contribution in [2.24, 2.45) is 0 Å². The topological polar surface area (TPSA) is 49.4 Å². The highest BCUT2D eigenvalue weighted by Gasteiger charge is 2.15. The molecule has 4 nitrogen and oxygen atoms in total. The Balaban J connectivity index is 2.36. The number of hydrogen-bond acceptors (Lipinski definition) is 2. The van der Waals surface area contributed by atoms with Crippen LogP contribution in [0, 0.1) is 13.8 Å². The van der Waals surface area contributed by atoms with Crippen LogP contribution in [0.3, 0.4) is 0 Å². The van der Waals surface area contributed by atoms with E-state index in [2.05, 4.69) is 5.32 Å². The Morgan fingerprint density at radius 3 is 2.13 bits per heavy atom. The fourth-order valence-corrected chi connectivity index (χ4v) is 2.44. The minimum Gasteiger partial charge on any atom is -0.326 e. The van der Waals surface area contributed by atoms with Crippen LogP contribution in [0.5, 0.6) is 0 Å². The average molecular weight is 310 g/mol. The van der Waals surface area contributed by atoms with Crippen LogP contribution in [0.2, 0.25) is 0 Å². The summed E-state index contributed by atoms with van der Waals surface area (Å²) in [5, 5.41) is 2.83. The second kappa shape index (κ2) is 7.09. The molecule has 2 aromatic rings. The van der Waals surface area contributed by atoms with Crippen molar-refractivity contribution < 1.29 is 9.59 Å². The highest BCUT2D eigenvalue weighted by Crippen LogP contribution is 2.23. The molecule has 2 rings (SSSR count). The summed E-state index contributed by atoms with van der Waals surface area (Å²) < 4.78 is 0. The monoisotopic (exact) mass is 310 g/mol. The van der Waals surface area contributed by atoms with E-state index in [1.54, 1.807) is 11.8 Å². The van der Waals surface area contributed by atoms with Crippen molar-refractivity contribution >= 4 is 23.2 Å². The molecule has 4 heteroatoms. The van der Waals surface area contributed by atoms with Gasteiger partial charge in [-0.05, 0) is 37.6 Å². The van der Waals surface area contributed by atoms with E-state index in [1.807, 2.05) is 56.3 Å². The van der Waals surface area contributed by atoms with Crippen LogP contribution in [-0.4, -0.2) is 11.8 Å². The maximum atomic E-state index is 12.1. The first-order valence-corrected chi connectivity index (χ1v) is 7.58. The maximum absolute atomic E-state index is 12.1. The quantitative estimate of drug-likeness (QED) is 0.933. The Kier molecular flexibility index (Phi) is 5.16. The lowest BCUT2D eigenvalue weighted by Gasteiger charge is -2.23. The van der Waals surface area contributed by atoms with E-state index in [0.29, 0.717) is 6.54 Å². The van der Waals surface area contributed by atoms with E-state index in [9.17, 15) is 9.59 Å². The summed E-state index contributed by atoms with van der Waals surface area (Å²) in [5.41, 5.74) is 4.73. The highest BCUT2D eigenvalue weighted by atomic mass is 16.2. The van der Waals surface area contributed by atoms with Crippen LogP contribution in [0.1, 0.15) is 30.5 Å². The fourth-order valence-electron chi connectivity index (χ4n) is 2.44. The molecule has 0 atom stereocenters. The van der Waals surface area contributed by atoms with E-state index in [0.717, 1.165) is 28.1 Å². The zero-order valence-electron chi connectivity index (χ0n) is 14.0. The zero-order chi connectivity index (χ0) is 17.0. The Labute approximate surface area is 137 Å². The maximum Gasteiger partial charge on any atom is 0.224 e. The molecule has 0 aliphatic carbocycles. The summed E-state index contributed by atoms with van der Waals surface area (Å²) in [6, 6.07) is 13.6. The number of rotatable bonds is 4. The van der Waals surface area contributed by atoms with Gasteiger partial charge in [0, 0.05) is 25.2 Å². The Morgan fingerprint density at radius 2 is 1.57 bits per heavy atom. The Morgan fingerprint density at radius 1 is 0.957 bits per heavy atom. The average Bonchev–Trinajstić information content (AvgIpc) is 2.47. The number of benzene rings is 2. The fraction of sp³-hybridized carbons (Fsp3) is 0.263. The number of aryl methyl sites for hydroxylation is 2. The van der Waals surface area contributed by atoms with E-state index < -0.39 is 0 Å². The van der Waals surface area contributed by atoms with E-state index in [-0.39, 0.29) is 11.8 Å². The lowest BCUT2D eigenvalue weighted by Crippen LogP contribution is -2.28. The van der Waals surface area contributed by atoms with Crippen molar-refractivity contribution in [1.29, 1.82) is 0 Å². The van der Waals surface area contributed by atoms with Gasteiger partial charge in [-0.2, -0.15) is 0 Å². The van der Waals surface area contributed by atoms with Gasteiger partial charge in [0.15, 0.2) is 0 Å². The first-order chi connectivity index (χ1) is 10.9. The molecule has 23 heavy (non-hydrogen) atoms. The van der Waals surface area contributed by atoms with Crippen molar-refractivity contribution in [3.63, 3.8) is 0 Å². The first kappa shape index (κ1) is 16.7. The Hall–Kier alpha value is -2.62. The molecule has 0 spiro atoms. The summed E-state index contributed by atoms with van der Waals surface area (Å²) in [6.45, 7) is 7.44. The largest absolute Gasteiger partial charge is 0.326 e. The second-order valence-electron chi connectivity index (χ2n) is 5.78. The van der Waals surface area contributed by atoms with Crippen molar-refractivity contribution in [2.75, 3.05) is 10.2 Å². The molecule has 1 N–H and O–H groups in total. The zero-order valence-corrected chi connectivity index (χ0v) is 14.0. The molecule has 0 aliphatic rings. The molecule has 0 saturated carbocycles. The molecule has 0 unspecified atom stereocenters. The van der Waals surface area contributed by atoms with Crippen molar-refractivity contribution in [3.05, 3.63) is 59.2 Å². The number of anilines is 2. The summed E-state index contributed by atoms with van der Waals surface area (Å²) in [5.74, 6) is -0.163. The van der Waals surface area contributed by atoms with Gasteiger partial charge >= 0.3 is 0 Å². The molecule has 120 valence electrons.